The molecule has 0 unspecified atom stereocenters. The van der Waals surface area contributed by atoms with Crippen LogP contribution in [-0.2, 0) is 0 Å². The number of aliphatic hydroxyl groups excluding tert-OH is 1. The molecule has 1 aromatic carbocycles. The number of aromatic nitrogens is 3. The fourth-order valence-corrected chi connectivity index (χ4v) is 4.64. The molecule has 1 fully saturated rings. The van der Waals surface area contributed by atoms with Crippen LogP contribution in [0, 0.1) is 5.92 Å². The van der Waals surface area contributed by atoms with Crippen LogP contribution in [0.4, 0.5) is 5.69 Å². The second-order valence-electron chi connectivity index (χ2n) is 9.46. The van der Waals surface area contributed by atoms with Crippen LogP contribution >= 0.6 is 0 Å². The molecule has 2 aliphatic rings. The Labute approximate surface area is 202 Å². The van der Waals surface area contributed by atoms with E-state index in [0.717, 1.165) is 41.0 Å². The first-order valence-corrected chi connectivity index (χ1v) is 12.0. The minimum absolute atomic E-state index is 0.0539. The van der Waals surface area contributed by atoms with Crippen molar-refractivity contribution >= 4 is 24.0 Å². The average molecular weight is 475 g/mol. The number of carbonyl (C=O) groups is 1. The van der Waals surface area contributed by atoms with Crippen LogP contribution < -0.4 is 20.6 Å². The molecule has 1 aliphatic carbocycles. The fourth-order valence-electron chi connectivity index (χ4n) is 4.64. The number of pyridine rings is 1. The van der Waals surface area contributed by atoms with Crippen LogP contribution in [0.1, 0.15) is 61.6 Å². The molecule has 1 aliphatic heterocycles. The number of rotatable bonds is 5. The van der Waals surface area contributed by atoms with Crippen LogP contribution in [0.15, 0.2) is 53.9 Å². The zero-order valence-electron chi connectivity index (χ0n) is 19.9. The maximum Gasteiger partial charge on any atom is 0.325 e. The van der Waals surface area contributed by atoms with Gasteiger partial charge in [0.05, 0.1) is 22.7 Å². The summed E-state index contributed by atoms with van der Waals surface area (Å²) >= 11 is 0. The van der Waals surface area contributed by atoms with Gasteiger partial charge in [-0.05, 0) is 49.9 Å². The summed E-state index contributed by atoms with van der Waals surface area (Å²) in [5.74, 6) is -0.00793. The van der Waals surface area contributed by atoms with E-state index in [4.69, 9.17) is 5.10 Å². The van der Waals surface area contributed by atoms with E-state index in [1.54, 1.807) is 35.3 Å². The Bertz CT molecular complexity index is 1400. The molecular weight excluding hydrogens is 444 g/mol. The Morgan fingerprint density at radius 1 is 1.20 bits per heavy atom. The van der Waals surface area contributed by atoms with Gasteiger partial charge in [-0.1, -0.05) is 18.5 Å². The highest BCUT2D eigenvalue weighted by molar-refractivity contribution is 6.03. The molecule has 35 heavy (non-hydrogen) atoms. The summed E-state index contributed by atoms with van der Waals surface area (Å²) < 4.78 is 4.46. The van der Waals surface area contributed by atoms with Crippen molar-refractivity contribution in [2.75, 3.05) is 5.32 Å². The molecule has 9 nitrogen and oxygen atoms in total. The van der Waals surface area contributed by atoms with Gasteiger partial charge in [0.15, 0.2) is 6.21 Å². The molecule has 0 saturated heterocycles. The van der Waals surface area contributed by atoms with Gasteiger partial charge in [-0.3, -0.25) is 10.0 Å². The highest BCUT2D eigenvalue weighted by Gasteiger charge is 2.27. The summed E-state index contributed by atoms with van der Waals surface area (Å²) in [7, 11) is 0. The maximum atomic E-state index is 13.2. The molecular formula is C26H30N6O3+2. The first-order valence-electron chi connectivity index (χ1n) is 12.0. The van der Waals surface area contributed by atoms with Crippen LogP contribution in [0.25, 0.3) is 11.9 Å². The third-order valence-electron chi connectivity index (χ3n) is 6.56. The van der Waals surface area contributed by atoms with Gasteiger partial charge in [0.25, 0.3) is 0 Å². The lowest BCUT2D eigenvalue weighted by Crippen LogP contribution is -2.43. The van der Waals surface area contributed by atoms with Crippen LogP contribution in [0.5, 0.6) is 0 Å². The molecule has 3 heterocycles. The molecule has 0 radical (unpaired) electrons. The van der Waals surface area contributed by atoms with E-state index in [-0.39, 0.29) is 17.7 Å². The third-order valence-corrected chi connectivity index (χ3v) is 6.56. The van der Waals surface area contributed by atoms with Gasteiger partial charge >= 0.3 is 11.6 Å². The highest BCUT2D eigenvalue weighted by Crippen LogP contribution is 2.23. The Morgan fingerprint density at radius 3 is 2.71 bits per heavy atom. The van der Waals surface area contributed by atoms with Gasteiger partial charge in [-0.25, -0.2) is 4.68 Å². The summed E-state index contributed by atoms with van der Waals surface area (Å²) in [5, 5.41) is 34.1. The zero-order valence-corrected chi connectivity index (χ0v) is 19.9. The topological polar surface area (TPSA) is 107 Å². The molecule has 3 aromatic rings. The molecule has 1 amide bonds. The SMILES string of the molecule is CC(C)c1cccc(C(=O)Nc2cc3c(cc2-n2cccn2)=N/[N+](=C/C2CCC(O)CC2)C=3)[n+]1O. The summed E-state index contributed by atoms with van der Waals surface area (Å²) in [5.41, 5.74) is 2.02. The maximum absolute atomic E-state index is 13.2. The number of nitrogens with one attached hydrogen (secondary N) is 1. The quantitative estimate of drug-likeness (QED) is 0.387. The zero-order chi connectivity index (χ0) is 24.5. The van der Waals surface area contributed by atoms with Gasteiger partial charge in [-0.15, -0.1) is 0 Å². The number of aliphatic hydroxyl groups is 1. The molecule has 2 aromatic heterocycles. The summed E-state index contributed by atoms with van der Waals surface area (Å²) in [4.78, 5) is 13.2. The summed E-state index contributed by atoms with van der Waals surface area (Å²) in [6, 6.07) is 10.7. The number of carbonyl (C=O) groups excluding carboxylic acids is 1. The second-order valence-corrected chi connectivity index (χ2v) is 9.46. The third kappa shape index (κ3) is 4.72. The fraction of sp³-hybridized carbons (Fsp3) is 0.346. The highest BCUT2D eigenvalue weighted by atomic mass is 16.5. The Hall–Kier alpha value is -3.85. The second kappa shape index (κ2) is 9.42. The van der Waals surface area contributed by atoms with Crippen molar-refractivity contribution < 1.29 is 24.5 Å². The van der Waals surface area contributed by atoms with E-state index in [1.807, 2.05) is 42.9 Å². The molecule has 0 spiro atoms. The van der Waals surface area contributed by atoms with Gasteiger partial charge in [0, 0.05) is 46.2 Å². The smallest absolute Gasteiger partial charge is 0.325 e. The van der Waals surface area contributed by atoms with E-state index >= 15 is 0 Å². The Balaban J connectivity index is 1.51. The lowest BCUT2D eigenvalue weighted by atomic mass is 9.88. The van der Waals surface area contributed by atoms with E-state index < -0.39 is 5.91 Å². The molecule has 180 valence electrons. The lowest BCUT2D eigenvalue weighted by Gasteiger charge is -2.20. The monoisotopic (exact) mass is 474 g/mol. The van der Waals surface area contributed by atoms with Crippen LogP contribution in [-0.4, -0.2) is 43.0 Å². The van der Waals surface area contributed by atoms with E-state index in [0.29, 0.717) is 23.0 Å². The van der Waals surface area contributed by atoms with Gasteiger partial charge in [0.1, 0.15) is 5.36 Å². The first kappa shape index (κ1) is 22.9. The van der Waals surface area contributed by atoms with Crippen molar-refractivity contribution in [1.29, 1.82) is 0 Å². The molecule has 1 saturated carbocycles. The summed E-state index contributed by atoms with van der Waals surface area (Å²) in [6.07, 6.45) is 10.8. The van der Waals surface area contributed by atoms with Crippen molar-refractivity contribution in [1.82, 2.24) is 9.78 Å². The number of hydrogen-bond acceptors (Lipinski definition) is 5. The van der Waals surface area contributed by atoms with Gasteiger partial charge in [0.2, 0.25) is 11.9 Å². The van der Waals surface area contributed by atoms with Crippen LogP contribution in [0.3, 0.4) is 0 Å². The summed E-state index contributed by atoms with van der Waals surface area (Å²) in [6.45, 7) is 3.91. The standard InChI is InChI=1S/C26H29N6O3/c1-17(2)23-5-3-6-24(32(23)35)26(34)28-22-13-19-16-30(15-18-7-9-20(33)10-8-18)29-21(19)14-25(22)31-12-4-11-27-31/h3-6,11-18,20,33H,7-10H2,1-2H3,(H-,28,34,35)/q+1/p+1/b30-15+. The molecule has 5 rings (SSSR count). The average Bonchev–Trinajstić information content (AvgIpc) is 3.49. The Morgan fingerprint density at radius 2 is 2.00 bits per heavy atom. The molecule has 0 atom stereocenters. The minimum Gasteiger partial charge on any atom is -0.393 e. The molecule has 3 N–H and O–H groups in total. The number of benzene rings is 1. The predicted molar refractivity (Wildman–Crippen MR) is 129 cm³/mol. The number of fused-ring (bicyclic) bond motifs is 1. The largest absolute Gasteiger partial charge is 0.393 e. The van der Waals surface area contributed by atoms with Crippen molar-refractivity contribution in [3.8, 4) is 5.69 Å². The normalized spacial score (nSPS) is 20.4. The number of hydrogen-bond donors (Lipinski definition) is 3. The molecule has 9 heteroatoms. The van der Waals surface area contributed by atoms with Gasteiger partial charge < -0.3 is 10.4 Å². The van der Waals surface area contributed by atoms with E-state index in [1.165, 1.54) is 0 Å². The number of amides is 1. The van der Waals surface area contributed by atoms with Crippen molar-refractivity contribution in [3.63, 3.8) is 0 Å². The van der Waals surface area contributed by atoms with E-state index in [2.05, 4.69) is 16.6 Å². The van der Waals surface area contributed by atoms with Crippen molar-refractivity contribution in [2.45, 2.75) is 51.6 Å². The van der Waals surface area contributed by atoms with E-state index in [9.17, 15) is 15.1 Å². The minimum atomic E-state index is -0.428. The van der Waals surface area contributed by atoms with Gasteiger partial charge in [-0.2, -0.15) is 5.10 Å². The van der Waals surface area contributed by atoms with Crippen LogP contribution in [0.2, 0.25) is 0 Å². The van der Waals surface area contributed by atoms with Crippen molar-refractivity contribution in [2.24, 2.45) is 11.0 Å². The number of nitrogens with zero attached hydrogens (tertiary/aromatic N) is 5. The molecule has 0 bridgehead atoms. The predicted octanol–water partition coefficient (Wildman–Crippen LogP) is 1.69. The number of anilines is 1. The first-order chi connectivity index (χ1) is 16.9. The lowest BCUT2D eigenvalue weighted by molar-refractivity contribution is -0.911. The van der Waals surface area contributed by atoms with Crippen molar-refractivity contribution in [3.05, 3.63) is 70.8 Å². The Kier molecular flexibility index (Phi) is 6.17.